The Hall–Kier alpha value is -1.32. The van der Waals surface area contributed by atoms with Crippen LogP contribution >= 0.6 is 23.2 Å². The van der Waals surface area contributed by atoms with Gasteiger partial charge in [-0.15, -0.1) is 10.2 Å². The van der Waals surface area contributed by atoms with E-state index in [2.05, 4.69) is 41.5 Å². The molecule has 0 spiro atoms. The van der Waals surface area contributed by atoms with Crippen LogP contribution in [0.3, 0.4) is 0 Å². The van der Waals surface area contributed by atoms with E-state index in [9.17, 15) is 0 Å². The van der Waals surface area contributed by atoms with Crippen molar-refractivity contribution in [3.8, 4) is 0 Å². The van der Waals surface area contributed by atoms with E-state index < -0.39 is 0 Å². The second-order valence-corrected chi connectivity index (χ2v) is 4.84. The van der Waals surface area contributed by atoms with Gasteiger partial charge in [0.1, 0.15) is 0 Å². The first kappa shape index (κ1) is 13.1. The molecule has 0 aliphatic carbocycles. The van der Waals surface area contributed by atoms with Crippen molar-refractivity contribution in [1.82, 2.24) is 10.2 Å². The van der Waals surface area contributed by atoms with E-state index in [1.54, 1.807) is 6.07 Å². The number of nitrogens with zero attached hydrogens (tertiary/aromatic N) is 2. The zero-order chi connectivity index (χ0) is 13.1. The molecule has 5 heteroatoms. The van der Waals surface area contributed by atoms with E-state index in [0.29, 0.717) is 16.0 Å². The molecule has 0 aliphatic rings. The van der Waals surface area contributed by atoms with Gasteiger partial charge >= 0.3 is 0 Å². The molecular weight excluding hydrogens is 269 g/mol. The average Bonchev–Trinajstić information content (AvgIpc) is 2.34. The maximum Gasteiger partial charge on any atom is 0.174 e. The van der Waals surface area contributed by atoms with Crippen molar-refractivity contribution in [3.63, 3.8) is 0 Å². The summed E-state index contributed by atoms with van der Waals surface area (Å²) in [7, 11) is 0. The summed E-state index contributed by atoms with van der Waals surface area (Å²) in [6, 6.07) is 9.97. The van der Waals surface area contributed by atoms with E-state index in [1.165, 1.54) is 11.1 Å². The minimum Gasteiger partial charge on any atom is -0.376 e. The maximum atomic E-state index is 5.97. The minimum atomic E-state index is 0.115. The molecule has 1 heterocycles. The van der Waals surface area contributed by atoms with Crippen molar-refractivity contribution in [3.05, 3.63) is 51.8 Å². The van der Waals surface area contributed by atoms with E-state index in [4.69, 9.17) is 23.2 Å². The first-order valence-corrected chi connectivity index (χ1v) is 6.34. The first-order chi connectivity index (χ1) is 8.58. The molecule has 0 radical (unpaired) electrons. The molecule has 3 nitrogen and oxygen atoms in total. The van der Waals surface area contributed by atoms with Crippen LogP contribution < -0.4 is 5.32 Å². The number of aromatic nitrogens is 2. The fourth-order valence-electron chi connectivity index (χ4n) is 1.84. The third kappa shape index (κ3) is 2.92. The molecule has 2 aromatic rings. The van der Waals surface area contributed by atoms with Crippen LogP contribution in [0.2, 0.25) is 10.3 Å². The lowest BCUT2D eigenvalue weighted by Crippen LogP contribution is -2.09. The van der Waals surface area contributed by atoms with Crippen LogP contribution in [0, 0.1) is 6.92 Å². The Morgan fingerprint density at radius 2 is 1.89 bits per heavy atom. The quantitative estimate of drug-likeness (QED) is 0.913. The molecule has 1 N–H and O–H groups in total. The van der Waals surface area contributed by atoms with Crippen LogP contribution in [0.25, 0.3) is 0 Å². The van der Waals surface area contributed by atoms with Gasteiger partial charge < -0.3 is 5.32 Å². The molecule has 1 unspecified atom stereocenters. The molecule has 0 aliphatic heterocycles. The van der Waals surface area contributed by atoms with Crippen LogP contribution in [-0.2, 0) is 0 Å². The Kier molecular flexibility index (Phi) is 4.04. The summed E-state index contributed by atoms with van der Waals surface area (Å²) >= 11 is 11.8. The third-order valence-electron chi connectivity index (χ3n) is 2.75. The predicted octanol–water partition coefficient (Wildman–Crippen LogP) is 4.26. The smallest absolute Gasteiger partial charge is 0.174 e. The van der Waals surface area contributed by atoms with Gasteiger partial charge in [-0.05, 0) is 25.0 Å². The highest BCUT2D eigenvalue weighted by molar-refractivity contribution is 6.33. The number of hydrogen-bond donors (Lipinski definition) is 1. The molecule has 2 rings (SSSR count). The van der Waals surface area contributed by atoms with Crippen molar-refractivity contribution in [2.45, 2.75) is 19.9 Å². The summed E-state index contributed by atoms with van der Waals surface area (Å²) < 4.78 is 0. The maximum absolute atomic E-state index is 5.97. The standard InChI is InChI=1S/C13H13Cl2N3/c1-8-5-3-4-6-10(8)9(2)16-11-7-12(14)17-18-13(11)15/h3-7,9H,1-2H3,(H,16,17). The normalized spacial score (nSPS) is 12.2. The molecular formula is C13H13Cl2N3. The molecule has 1 aromatic carbocycles. The highest BCUT2D eigenvalue weighted by atomic mass is 35.5. The molecule has 18 heavy (non-hydrogen) atoms. The summed E-state index contributed by atoms with van der Waals surface area (Å²) in [6.07, 6.45) is 0. The van der Waals surface area contributed by atoms with Crippen molar-refractivity contribution in [2.24, 2.45) is 0 Å². The fraction of sp³-hybridized carbons (Fsp3) is 0.231. The van der Waals surface area contributed by atoms with E-state index in [0.717, 1.165) is 0 Å². The Balaban J connectivity index is 2.24. The number of hydrogen-bond acceptors (Lipinski definition) is 3. The number of rotatable bonds is 3. The Morgan fingerprint density at radius 3 is 2.61 bits per heavy atom. The van der Waals surface area contributed by atoms with Gasteiger partial charge in [0.2, 0.25) is 0 Å². The minimum absolute atomic E-state index is 0.115. The van der Waals surface area contributed by atoms with E-state index in [-0.39, 0.29) is 6.04 Å². The summed E-state index contributed by atoms with van der Waals surface area (Å²) in [5.74, 6) is 0. The van der Waals surface area contributed by atoms with E-state index >= 15 is 0 Å². The lowest BCUT2D eigenvalue weighted by Gasteiger charge is -2.18. The van der Waals surface area contributed by atoms with Crippen LogP contribution in [-0.4, -0.2) is 10.2 Å². The Labute approximate surface area is 116 Å². The number of anilines is 1. The topological polar surface area (TPSA) is 37.8 Å². The molecule has 94 valence electrons. The number of halogens is 2. The van der Waals surface area contributed by atoms with Crippen LogP contribution in [0.15, 0.2) is 30.3 Å². The molecule has 0 fully saturated rings. The van der Waals surface area contributed by atoms with Gasteiger partial charge in [-0.2, -0.15) is 0 Å². The average molecular weight is 282 g/mol. The van der Waals surface area contributed by atoms with Crippen LogP contribution in [0.5, 0.6) is 0 Å². The highest BCUT2D eigenvalue weighted by Crippen LogP contribution is 2.27. The highest BCUT2D eigenvalue weighted by Gasteiger charge is 2.11. The van der Waals surface area contributed by atoms with Crippen LogP contribution in [0.1, 0.15) is 24.1 Å². The zero-order valence-electron chi connectivity index (χ0n) is 10.1. The molecule has 0 saturated heterocycles. The Morgan fingerprint density at radius 1 is 1.17 bits per heavy atom. The lowest BCUT2D eigenvalue weighted by molar-refractivity contribution is 0.868. The van der Waals surface area contributed by atoms with Crippen molar-refractivity contribution < 1.29 is 0 Å². The number of nitrogens with one attached hydrogen (secondary N) is 1. The van der Waals surface area contributed by atoms with Crippen LogP contribution in [0.4, 0.5) is 5.69 Å². The molecule has 1 aromatic heterocycles. The van der Waals surface area contributed by atoms with Crippen molar-refractivity contribution in [1.29, 1.82) is 0 Å². The summed E-state index contributed by atoms with van der Waals surface area (Å²) in [5.41, 5.74) is 3.12. The second-order valence-electron chi connectivity index (χ2n) is 4.09. The van der Waals surface area contributed by atoms with Gasteiger partial charge in [-0.3, -0.25) is 0 Å². The molecule has 0 saturated carbocycles. The van der Waals surface area contributed by atoms with Gasteiger partial charge in [0.05, 0.1) is 5.69 Å². The second kappa shape index (κ2) is 5.55. The van der Waals surface area contributed by atoms with Gasteiger partial charge in [0, 0.05) is 12.1 Å². The summed E-state index contributed by atoms with van der Waals surface area (Å²) in [4.78, 5) is 0. The largest absolute Gasteiger partial charge is 0.376 e. The van der Waals surface area contributed by atoms with Gasteiger partial charge in [0.25, 0.3) is 0 Å². The first-order valence-electron chi connectivity index (χ1n) is 5.58. The van der Waals surface area contributed by atoms with E-state index in [1.807, 2.05) is 12.1 Å². The third-order valence-corrected chi connectivity index (χ3v) is 3.21. The lowest BCUT2D eigenvalue weighted by atomic mass is 10.0. The predicted molar refractivity (Wildman–Crippen MR) is 75.3 cm³/mol. The van der Waals surface area contributed by atoms with Crippen molar-refractivity contribution >= 4 is 28.9 Å². The van der Waals surface area contributed by atoms with Crippen molar-refractivity contribution in [2.75, 3.05) is 5.32 Å². The number of aryl methyl sites for hydroxylation is 1. The summed E-state index contributed by atoms with van der Waals surface area (Å²) in [6.45, 7) is 4.14. The molecule has 0 bridgehead atoms. The van der Waals surface area contributed by atoms with Gasteiger partial charge in [-0.1, -0.05) is 47.5 Å². The number of benzene rings is 1. The molecule has 1 atom stereocenters. The SMILES string of the molecule is Cc1ccccc1C(C)Nc1cc(Cl)nnc1Cl. The zero-order valence-corrected chi connectivity index (χ0v) is 11.6. The molecule has 0 amide bonds. The van der Waals surface area contributed by atoms with Gasteiger partial charge in [0.15, 0.2) is 10.3 Å². The monoisotopic (exact) mass is 281 g/mol. The van der Waals surface area contributed by atoms with Gasteiger partial charge in [-0.25, -0.2) is 0 Å². The summed E-state index contributed by atoms with van der Waals surface area (Å²) in [5, 5.41) is 11.4. The fourth-order valence-corrected chi connectivity index (χ4v) is 2.13. The Bertz CT molecular complexity index is 558.